The highest BCUT2D eigenvalue weighted by Gasteiger charge is 2.19. The minimum absolute atomic E-state index is 0.0674. The van der Waals surface area contributed by atoms with Crippen LogP contribution in [0.5, 0.6) is 5.75 Å². The average Bonchev–Trinajstić information content (AvgIpc) is 3.29. The molecule has 0 saturated carbocycles. The number of benzene rings is 2. The predicted octanol–water partition coefficient (Wildman–Crippen LogP) is 3.06. The third-order valence-electron chi connectivity index (χ3n) is 6.44. The first-order valence-electron chi connectivity index (χ1n) is 12.0. The molecule has 0 radical (unpaired) electrons. The van der Waals surface area contributed by atoms with Gasteiger partial charge < -0.3 is 30.3 Å². The van der Waals surface area contributed by atoms with Gasteiger partial charge in [-0.1, -0.05) is 0 Å². The molecular formula is C25H31N7O3. The normalized spacial score (nSPS) is 16.3. The average molecular weight is 478 g/mol. The maximum absolute atomic E-state index is 12.7. The highest BCUT2D eigenvalue weighted by Crippen LogP contribution is 2.32. The number of methoxy groups -OCH3 is 1. The molecule has 1 amide bonds. The van der Waals surface area contributed by atoms with Gasteiger partial charge in [-0.25, -0.2) is 0 Å². The van der Waals surface area contributed by atoms with Gasteiger partial charge in [0.15, 0.2) is 0 Å². The summed E-state index contributed by atoms with van der Waals surface area (Å²) in [5.41, 5.74) is 9.37. The molecule has 0 spiro atoms. The molecule has 5 rings (SSSR count). The highest BCUT2D eigenvalue weighted by atomic mass is 16.5. The number of piperidine rings is 1. The number of carbonyl (C=O) groups is 1. The van der Waals surface area contributed by atoms with Crippen LogP contribution >= 0.6 is 0 Å². The highest BCUT2D eigenvalue weighted by molar-refractivity contribution is 5.94. The lowest BCUT2D eigenvalue weighted by Crippen LogP contribution is -2.36. The number of rotatable bonds is 6. The fraction of sp³-hybridized carbons (Fsp3) is 0.400. The van der Waals surface area contributed by atoms with Gasteiger partial charge in [-0.3, -0.25) is 4.79 Å². The number of anilines is 4. The third-order valence-corrected chi connectivity index (χ3v) is 6.44. The van der Waals surface area contributed by atoms with Crippen LogP contribution in [-0.2, 0) is 4.74 Å². The van der Waals surface area contributed by atoms with Crippen LogP contribution in [0.4, 0.5) is 23.3 Å². The van der Waals surface area contributed by atoms with Gasteiger partial charge in [-0.05, 0) is 55.7 Å². The second-order valence-corrected chi connectivity index (χ2v) is 8.71. The Labute approximate surface area is 204 Å². The summed E-state index contributed by atoms with van der Waals surface area (Å²) in [4.78, 5) is 21.3. The molecule has 10 nitrogen and oxygen atoms in total. The molecule has 2 aliphatic rings. The topological polar surface area (TPSA) is 111 Å². The number of nitrogens with two attached hydrogens (primary N) is 1. The van der Waals surface area contributed by atoms with Crippen molar-refractivity contribution in [3.05, 3.63) is 48.0 Å². The van der Waals surface area contributed by atoms with Gasteiger partial charge in [0.2, 0.25) is 11.9 Å². The van der Waals surface area contributed by atoms with Crippen LogP contribution in [-0.4, -0.2) is 72.1 Å². The lowest BCUT2D eigenvalue weighted by molar-refractivity contribution is 0.0724. The number of carbonyl (C=O) groups excluding carboxylic acids is 1. The molecule has 0 bridgehead atoms. The Morgan fingerprint density at radius 1 is 1.00 bits per heavy atom. The predicted molar refractivity (Wildman–Crippen MR) is 135 cm³/mol. The van der Waals surface area contributed by atoms with Crippen molar-refractivity contribution < 1.29 is 14.3 Å². The van der Waals surface area contributed by atoms with Crippen molar-refractivity contribution in [3.63, 3.8) is 0 Å². The summed E-state index contributed by atoms with van der Waals surface area (Å²) in [6.45, 7) is 4.78. The second kappa shape index (κ2) is 10.2. The number of ether oxygens (including phenoxy) is 2. The summed E-state index contributed by atoms with van der Waals surface area (Å²) < 4.78 is 12.6. The Morgan fingerprint density at radius 2 is 1.71 bits per heavy atom. The molecule has 3 aromatic rings. The standard InChI is InChI=1S/C25H31N7O3/c1-34-22-17-20(30-13-15-35-16-14-30)9-10-21(22)27-25-28-24(26)32(29-25)19-7-5-18(6-8-19)23(33)31-11-3-2-4-12-31/h5-10,17H,2-4,11-16H2,1H3,(H3,26,27,28,29). The Hall–Kier alpha value is -3.79. The molecule has 3 heterocycles. The molecule has 2 aromatic carbocycles. The van der Waals surface area contributed by atoms with E-state index < -0.39 is 0 Å². The van der Waals surface area contributed by atoms with Crippen molar-refractivity contribution in [1.29, 1.82) is 0 Å². The summed E-state index contributed by atoms with van der Waals surface area (Å²) in [6, 6.07) is 13.3. The molecule has 2 saturated heterocycles. The van der Waals surface area contributed by atoms with Gasteiger partial charge in [-0.15, -0.1) is 5.10 Å². The molecular weight excluding hydrogens is 446 g/mol. The number of nitrogens with zero attached hydrogens (tertiary/aromatic N) is 5. The van der Waals surface area contributed by atoms with Crippen LogP contribution in [0.15, 0.2) is 42.5 Å². The lowest BCUT2D eigenvalue weighted by atomic mass is 10.1. The van der Waals surface area contributed by atoms with Crippen LogP contribution in [0.1, 0.15) is 29.6 Å². The second-order valence-electron chi connectivity index (χ2n) is 8.71. The summed E-state index contributed by atoms with van der Waals surface area (Å²) in [6.07, 6.45) is 3.32. The monoisotopic (exact) mass is 477 g/mol. The SMILES string of the molecule is COc1cc(N2CCOCC2)ccc1Nc1nc(N)n(-c2ccc(C(=O)N3CCCCC3)cc2)n1. The Morgan fingerprint density at radius 3 is 2.43 bits per heavy atom. The molecule has 2 aliphatic heterocycles. The fourth-order valence-electron chi connectivity index (χ4n) is 4.51. The van der Waals surface area contributed by atoms with Gasteiger partial charge in [0, 0.05) is 43.5 Å². The summed E-state index contributed by atoms with van der Waals surface area (Å²) in [7, 11) is 1.64. The number of hydrogen-bond acceptors (Lipinski definition) is 8. The number of likely N-dealkylation sites (tertiary alicyclic amines) is 1. The van der Waals surface area contributed by atoms with Gasteiger partial charge in [0.1, 0.15) is 5.75 Å². The first-order valence-corrected chi connectivity index (χ1v) is 12.0. The molecule has 0 aliphatic carbocycles. The van der Waals surface area contributed by atoms with Crippen molar-refractivity contribution in [2.45, 2.75) is 19.3 Å². The minimum atomic E-state index is 0.0674. The zero-order valence-electron chi connectivity index (χ0n) is 19.9. The van der Waals surface area contributed by atoms with Crippen LogP contribution in [0.3, 0.4) is 0 Å². The first-order chi connectivity index (χ1) is 17.1. The molecule has 1 aromatic heterocycles. The van der Waals surface area contributed by atoms with E-state index in [1.54, 1.807) is 11.8 Å². The lowest BCUT2D eigenvalue weighted by Gasteiger charge is -2.29. The van der Waals surface area contributed by atoms with Crippen molar-refractivity contribution in [1.82, 2.24) is 19.7 Å². The van der Waals surface area contributed by atoms with E-state index in [0.717, 1.165) is 69.3 Å². The summed E-state index contributed by atoms with van der Waals surface area (Å²) >= 11 is 0. The summed E-state index contributed by atoms with van der Waals surface area (Å²) in [5.74, 6) is 1.35. The number of hydrogen-bond donors (Lipinski definition) is 2. The van der Waals surface area contributed by atoms with Crippen LogP contribution < -0.4 is 20.7 Å². The Bertz CT molecular complexity index is 1170. The van der Waals surface area contributed by atoms with E-state index in [4.69, 9.17) is 15.2 Å². The zero-order valence-corrected chi connectivity index (χ0v) is 19.9. The van der Waals surface area contributed by atoms with Crippen LogP contribution in [0, 0.1) is 0 Å². The van der Waals surface area contributed by atoms with E-state index in [9.17, 15) is 4.79 Å². The van der Waals surface area contributed by atoms with E-state index >= 15 is 0 Å². The molecule has 35 heavy (non-hydrogen) atoms. The van der Waals surface area contributed by atoms with Gasteiger partial charge in [-0.2, -0.15) is 9.67 Å². The smallest absolute Gasteiger partial charge is 0.253 e. The molecule has 184 valence electrons. The Balaban J connectivity index is 1.31. The zero-order chi connectivity index (χ0) is 24.2. The molecule has 3 N–H and O–H groups in total. The van der Waals surface area contributed by atoms with E-state index in [1.807, 2.05) is 47.4 Å². The first kappa shape index (κ1) is 23.0. The quantitative estimate of drug-likeness (QED) is 0.557. The molecule has 0 unspecified atom stereocenters. The Kier molecular flexibility index (Phi) is 6.71. The van der Waals surface area contributed by atoms with Crippen LogP contribution in [0.25, 0.3) is 5.69 Å². The van der Waals surface area contributed by atoms with Crippen molar-refractivity contribution in [2.24, 2.45) is 0 Å². The van der Waals surface area contributed by atoms with E-state index in [1.165, 1.54) is 6.42 Å². The molecule has 10 heteroatoms. The largest absolute Gasteiger partial charge is 0.494 e. The van der Waals surface area contributed by atoms with E-state index in [0.29, 0.717) is 17.3 Å². The van der Waals surface area contributed by atoms with Crippen molar-refractivity contribution in [3.8, 4) is 11.4 Å². The van der Waals surface area contributed by atoms with Gasteiger partial charge in [0.05, 0.1) is 31.7 Å². The van der Waals surface area contributed by atoms with Gasteiger partial charge in [0.25, 0.3) is 5.91 Å². The van der Waals surface area contributed by atoms with E-state index in [2.05, 4.69) is 20.3 Å². The van der Waals surface area contributed by atoms with Crippen molar-refractivity contribution >= 4 is 29.2 Å². The number of aromatic nitrogens is 3. The van der Waals surface area contributed by atoms with Crippen molar-refractivity contribution in [2.75, 3.05) is 62.5 Å². The van der Waals surface area contributed by atoms with Gasteiger partial charge >= 0.3 is 0 Å². The fourth-order valence-corrected chi connectivity index (χ4v) is 4.51. The maximum Gasteiger partial charge on any atom is 0.253 e. The maximum atomic E-state index is 12.7. The third kappa shape index (κ3) is 5.02. The minimum Gasteiger partial charge on any atom is -0.494 e. The van der Waals surface area contributed by atoms with Crippen LogP contribution in [0.2, 0.25) is 0 Å². The summed E-state index contributed by atoms with van der Waals surface area (Å²) in [5, 5.41) is 7.72. The number of nitrogen functional groups attached to an aromatic ring is 1. The number of amides is 1. The number of morpholine rings is 1. The van der Waals surface area contributed by atoms with E-state index in [-0.39, 0.29) is 11.9 Å². The molecule has 2 fully saturated rings. The number of nitrogens with one attached hydrogen (secondary N) is 1. The molecule has 0 atom stereocenters.